The maximum Gasteiger partial charge on any atom is 0.211 e. The fourth-order valence-corrected chi connectivity index (χ4v) is 3.62. The summed E-state index contributed by atoms with van der Waals surface area (Å²) in [5.41, 5.74) is 0.126. The monoisotopic (exact) mass is 219 g/mol. The molecule has 1 N–H and O–H groups in total. The topological polar surface area (TPSA) is 46.2 Å². The maximum atomic E-state index is 11.6. The Bertz CT molecular complexity index is 282. The molecule has 0 heterocycles. The lowest BCUT2D eigenvalue weighted by atomic mass is 9.88. The van der Waals surface area contributed by atoms with E-state index < -0.39 is 10.0 Å². The average Bonchev–Trinajstić information content (AvgIpc) is 2.29. The van der Waals surface area contributed by atoms with Crippen molar-refractivity contribution >= 4 is 10.0 Å². The molecule has 0 aliphatic heterocycles. The first kappa shape index (κ1) is 12.0. The molecule has 0 aromatic heterocycles. The number of hydrogen-bond acceptors (Lipinski definition) is 2. The molecule has 3 nitrogen and oxygen atoms in total. The molecule has 1 saturated carbocycles. The van der Waals surface area contributed by atoms with Crippen molar-refractivity contribution in [3.8, 4) is 0 Å². The Balaban J connectivity index is 2.60. The van der Waals surface area contributed by atoms with E-state index >= 15 is 0 Å². The second kappa shape index (κ2) is 4.19. The molecule has 0 aromatic carbocycles. The quantitative estimate of drug-likeness (QED) is 0.785. The summed E-state index contributed by atoms with van der Waals surface area (Å²) in [6.45, 7) is 6.16. The van der Waals surface area contributed by atoms with Gasteiger partial charge >= 0.3 is 0 Å². The summed E-state index contributed by atoms with van der Waals surface area (Å²) in [5, 5.41) is 0. The second-order valence-electron chi connectivity index (χ2n) is 4.87. The van der Waals surface area contributed by atoms with Gasteiger partial charge in [0.15, 0.2) is 0 Å². The molecule has 1 rings (SSSR count). The molecule has 14 heavy (non-hydrogen) atoms. The average molecular weight is 219 g/mol. The van der Waals surface area contributed by atoms with E-state index in [0.29, 0.717) is 6.42 Å². The van der Waals surface area contributed by atoms with E-state index in [2.05, 4.69) is 18.6 Å². The van der Waals surface area contributed by atoms with E-state index in [-0.39, 0.29) is 17.2 Å². The minimum absolute atomic E-state index is 0.126. The van der Waals surface area contributed by atoms with Gasteiger partial charge in [-0.2, -0.15) is 0 Å². The zero-order valence-electron chi connectivity index (χ0n) is 9.34. The molecule has 1 unspecified atom stereocenters. The fourth-order valence-electron chi connectivity index (χ4n) is 2.09. The molecule has 0 radical (unpaired) electrons. The molecule has 1 atom stereocenters. The predicted molar refractivity (Wildman–Crippen MR) is 58.6 cm³/mol. The first-order chi connectivity index (χ1) is 6.37. The third kappa shape index (κ3) is 2.95. The molecule has 4 heteroatoms. The third-order valence-electron chi connectivity index (χ3n) is 3.05. The highest BCUT2D eigenvalue weighted by atomic mass is 32.2. The van der Waals surface area contributed by atoms with E-state index in [9.17, 15) is 8.42 Å². The first-order valence-electron chi connectivity index (χ1n) is 5.37. The van der Waals surface area contributed by atoms with Gasteiger partial charge < -0.3 is 0 Å². The van der Waals surface area contributed by atoms with Gasteiger partial charge in [-0.25, -0.2) is 13.1 Å². The van der Waals surface area contributed by atoms with Crippen LogP contribution in [0.2, 0.25) is 0 Å². The van der Waals surface area contributed by atoms with Crippen LogP contribution in [0.25, 0.3) is 0 Å². The molecule has 0 amide bonds. The van der Waals surface area contributed by atoms with Crippen LogP contribution in [-0.4, -0.2) is 20.2 Å². The number of sulfonamides is 1. The van der Waals surface area contributed by atoms with Crippen molar-refractivity contribution in [2.45, 2.75) is 52.5 Å². The van der Waals surface area contributed by atoms with Gasteiger partial charge in [-0.1, -0.05) is 27.2 Å². The summed E-state index contributed by atoms with van der Waals surface area (Å²) < 4.78 is 25.9. The van der Waals surface area contributed by atoms with E-state index in [1.807, 2.05) is 6.92 Å². The van der Waals surface area contributed by atoms with Crippen molar-refractivity contribution in [2.24, 2.45) is 5.41 Å². The summed E-state index contributed by atoms with van der Waals surface area (Å²) in [6, 6.07) is 0.138. The summed E-state index contributed by atoms with van der Waals surface area (Å²) in [4.78, 5) is 0. The van der Waals surface area contributed by atoms with Gasteiger partial charge in [0.1, 0.15) is 0 Å². The highest BCUT2D eigenvalue weighted by Gasteiger charge is 2.36. The molecule has 1 aliphatic carbocycles. The van der Waals surface area contributed by atoms with Gasteiger partial charge in [-0.3, -0.25) is 0 Å². The zero-order valence-corrected chi connectivity index (χ0v) is 10.2. The second-order valence-corrected chi connectivity index (χ2v) is 6.74. The minimum Gasteiger partial charge on any atom is -0.212 e. The summed E-state index contributed by atoms with van der Waals surface area (Å²) in [7, 11) is -3.04. The van der Waals surface area contributed by atoms with Gasteiger partial charge in [0.2, 0.25) is 10.0 Å². The van der Waals surface area contributed by atoms with Crippen LogP contribution in [0.15, 0.2) is 0 Å². The van der Waals surface area contributed by atoms with Gasteiger partial charge in [-0.15, -0.1) is 0 Å². The van der Waals surface area contributed by atoms with Crippen LogP contribution in [0, 0.1) is 5.41 Å². The first-order valence-corrected chi connectivity index (χ1v) is 7.02. The molecule has 0 spiro atoms. The van der Waals surface area contributed by atoms with Crippen molar-refractivity contribution in [3.05, 3.63) is 0 Å². The molecule has 1 aliphatic rings. The lowest BCUT2D eigenvalue weighted by Gasteiger charge is -2.27. The Morgan fingerprint density at radius 3 is 2.50 bits per heavy atom. The number of hydrogen-bond donors (Lipinski definition) is 1. The highest BCUT2D eigenvalue weighted by molar-refractivity contribution is 7.89. The van der Waals surface area contributed by atoms with Gasteiger partial charge in [0.05, 0.1) is 5.75 Å². The largest absolute Gasteiger partial charge is 0.212 e. The summed E-state index contributed by atoms with van der Waals surface area (Å²) in [6.07, 6.45) is 3.91. The van der Waals surface area contributed by atoms with Crippen LogP contribution in [-0.2, 0) is 10.0 Å². The van der Waals surface area contributed by atoms with Crippen LogP contribution in [0.5, 0.6) is 0 Å². The smallest absolute Gasteiger partial charge is 0.211 e. The number of nitrogens with one attached hydrogen (secondary N) is 1. The van der Waals surface area contributed by atoms with Crippen molar-refractivity contribution < 1.29 is 8.42 Å². The van der Waals surface area contributed by atoms with Crippen LogP contribution < -0.4 is 4.72 Å². The Morgan fingerprint density at radius 1 is 1.43 bits per heavy atom. The minimum atomic E-state index is -3.04. The molecule has 0 aromatic rings. The summed E-state index contributed by atoms with van der Waals surface area (Å²) >= 11 is 0. The summed E-state index contributed by atoms with van der Waals surface area (Å²) in [5.74, 6) is 0.250. The normalized spacial score (nSPS) is 26.6. The van der Waals surface area contributed by atoms with Crippen LogP contribution in [0.4, 0.5) is 0 Å². The van der Waals surface area contributed by atoms with Crippen molar-refractivity contribution in [1.82, 2.24) is 4.72 Å². The Kier molecular flexibility index (Phi) is 3.58. The fraction of sp³-hybridized carbons (Fsp3) is 1.00. The van der Waals surface area contributed by atoms with Crippen molar-refractivity contribution in [3.63, 3.8) is 0 Å². The van der Waals surface area contributed by atoms with Crippen molar-refractivity contribution in [1.29, 1.82) is 0 Å². The van der Waals surface area contributed by atoms with E-state index in [1.54, 1.807) is 0 Å². The van der Waals surface area contributed by atoms with Gasteiger partial charge in [0.25, 0.3) is 0 Å². The lowest BCUT2D eigenvalue weighted by Crippen LogP contribution is -2.42. The van der Waals surface area contributed by atoms with Crippen LogP contribution >= 0.6 is 0 Å². The molecular formula is C10H21NO2S. The Morgan fingerprint density at radius 2 is 2.07 bits per heavy atom. The van der Waals surface area contributed by atoms with E-state index in [0.717, 1.165) is 19.3 Å². The van der Waals surface area contributed by atoms with Crippen LogP contribution in [0.3, 0.4) is 0 Å². The van der Waals surface area contributed by atoms with Gasteiger partial charge in [-0.05, 0) is 24.7 Å². The maximum absolute atomic E-state index is 11.6. The Labute approximate surface area is 87.3 Å². The zero-order chi connectivity index (χ0) is 10.8. The molecule has 0 saturated heterocycles. The SMILES string of the molecule is CCCS(=O)(=O)NC1CCCC1(C)C. The molecule has 84 valence electrons. The molecular weight excluding hydrogens is 198 g/mol. The standard InChI is InChI=1S/C10H21NO2S/c1-4-8-14(12,13)11-9-6-5-7-10(9,2)3/h9,11H,4-8H2,1-3H3. The van der Waals surface area contributed by atoms with Gasteiger partial charge in [0, 0.05) is 6.04 Å². The number of rotatable bonds is 4. The van der Waals surface area contributed by atoms with Crippen LogP contribution in [0.1, 0.15) is 46.5 Å². The molecule has 1 fully saturated rings. The van der Waals surface area contributed by atoms with E-state index in [4.69, 9.17) is 0 Å². The van der Waals surface area contributed by atoms with E-state index in [1.165, 1.54) is 0 Å². The molecule has 0 bridgehead atoms. The third-order valence-corrected chi connectivity index (χ3v) is 4.64. The lowest BCUT2D eigenvalue weighted by molar-refractivity contribution is 0.313. The highest BCUT2D eigenvalue weighted by Crippen LogP contribution is 2.37. The predicted octanol–water partition coefficient (Wildman–Crippen LogP) is 1.89. The Hall–Kier alpha value is -0.0900. The van der Waals surface area contributed by atoms with Crippen molar-refractivity contribution in [2.75, 3.05) is 5.75 Å².